The first-order valence-electron chi connectivity index (χ1n) is 4.68. The third-order valence-corrected chi connectivity index (χ3v) is 2.65. The Morgan fingerprint density at radius 2 is 2.13 bits per heavy atom. The predicted molar refractivity (Wildman–Crippen MR) is 50.1 cm³/mol. The first-order chi connectivity index (χ1) is 7.16. The van der Waals surface area contributed by atoms with Crippen LogP contribution in [0.25, 0.3) is 0 Å². The van der Waals surface area contributed by atoms with E-state index in [-0.39, 0.29) is 5.75 Å². The van der Waals surface area contributed by atoms with Crippen LogP contribution >= 0.6 is 0 Å². The van der Waals surface area contributed by atoms with Crippen LogP contribution in [0.3, 0.4) is 0 Å². The molecule has 0 saturated heterocycles. The SMILES string of the molecule is O=CC1(c2cccc(OC(F)F)c2)CC1. The maximum atomic E-state index is 12.0. The topological polar surface area (TPSA) is 26.3 Å². The zero-order chi connectivity index (χ0) is 10.9. The van der Waals surface area contributed by atoms with Gasteiger partial charge in [0.2, 0.25) is 0 Å². The molecule has 80 valence electrons. The van der Waals surface area contributed by atoms with Gasteiger partial charge < -0.3 is 9.53 Å². The molecule has 0 unspecified atom stereocenters. The van der Waals surface area contributed by atoms with E-state index in [1.54, 1.807) is 12.1 Å². The molecule has 4 heteroatoms. The maximum Gasteiger partial charge on any atom is 0.387 e. The minimum absolute atomic E-state index is 0.107. The van der Waals surface area contributed by atoms with Gasteiger partial charge in [0, 0.05) is 0 Å². The Labute approximate surface area is 85.9 Å². The second kappa shape index (κ2) is 3.61. The molecule has 0 radical (unpaired) electrons. The molecule has 0 aromatic heterocycles. The van der Waals surface area contributed by atoms with Crippen molar-refractivity contribution in [3.8, 4) is 5.75 Å². The Bertz CT molecular complexity index is 373. The molecule has 0 spiro atoms. The number of hydrogen-bond donors (Lipinski definition) is 0. The Kier molecular flexibility index (Phi) is 2.42. The van der Waals surface area contributed by atoms with Gasteiger partial charge >= 0.3 is 6.61 Å². The highest BCUT2D eigenvalue weighted by atomic mass is 19.3. The van der Waals surface area contributed by atoms with Crippen LogP contribution < -0.4 is 4.74 Å². The molecule has 1 aliphatic rings. The molecule has 1 fully saturated rings. The van der Waals surface area contributed by atoms with Gasteiger partial charge in [-0.15, -0.1) is 0 Å². The van der Waals surface area contributed by atoms with Gasteiger partial charge in [0.05, 0.1) is 5.41 Å². The summed E-state index contributed by atoms with van der Waals surface area (Å²) in [5.41, 5.74) is 0.317. The summed E-state index contributed by atoms with van der Waals surface area (Å²) in [6.45, 7) is -2.83. The van der Waals surface area contributed by atoms with E-state index in [9.17, 15) is 13.6 Å². The van der Waals surface area contributed by atoms with Gasteiger partial charge in [-0.1, -0.05) is 12.1 Å². The fraction of sp³-hybridized carbons (Fsp3) is 0.364. The molecule has 2 rings (SSSR count). The highest BCUT2D eigenvalue weighted by Gasteiger charge is 2.44. The maximum absolute atomic E-state index is 12.0. The molecule has 1 aliphatic carbocycles. The van der Waals surface area contributed by atoms with Gasteiger partial charge in [0.25, 0.3) is 0 Å². The van der Waals surface area contributed by atoms with Crippen molar-refractivity contribution in [2.24, 2.45) is 0 Å². The van der Waals surface area contributed by atoms with E-state index in [0.29, 0.717) is 0 Å². The van der Waals surface area contributed by atoms with E-state index >= 15 is 0 Å². The number of aldehydes is 1. The van der Waals surface area contributed by atoms with Crippen molar-refractivity contribution in [1.82, 2.24) is 0 Å². The largest absolute Gasteiger partial charge is 0.435 e. The number of carbonyl (C=O) groups excluding carboxylic acids is 1. The van der Waals surface area contributed by atoms with E-state index in [0.717, 1.165) is 24.7 Å². The molecule has 2 nitrogen and oxygen atoms in total. The minimum atomic E-state index is -2.83. The fourth-order valence-electron chi connectivity index (χ4n) is 1.59. The quantitative estimate of drug-likeness (QED) is 0.717. The molecule has 0 heterocycles. The summed E-state index contributed by atoms with van der Waals surface area (Å²) in [7, 11) is 0. The summed E-state index contributed by atoms with van der Waals surface area (Å²) in [6.07, 6.45) is 2.46. The Hall–Kier alpha value is -1.45. The molecule has 1 saturated carbocycles. The van der Waals surface area contributed by atoms with Gasteiger partial charge in [-0.2, -0.15) is 8.78 Å². The van der Waals surface area contributed by atoms with E-state index in [1.165, 1.54) is 12.1 Å². The normalized spacial score (nSPS) is 17.5. The standard InChI is InChI=1S/C11H10F2O2/c12-10(13)15-9-3-1-2-8(6-9)11(7-14)4-5-11/h1-3,6-7,10H,4-5H2. The smallest absolute Gasteiger partial charge is 0.387 e. The number of ether oxygens (including phenoxy) is 1. The molecule has 0 bridgehead atoms. The molecular weight excluding hydrogens is 202 g/mol. The van der Waals surface area contributed by atoms with E-state index in [4.69, 9.17) is 0 Å². The number of benzene rings is 1. The number of rotatable bonds is 4. The third kappa shape index (κ3) is 1.98. The summed E-state index contributed by atoms with van der Waals surface area (Å²) < 4.78 is 28.2. The van der Waals surface area contributed by atoms with Crippen molar-refractivity contribution >= 4 is 6.29 Å². The number of halogens is 2. The van der Waals surface area contributed by atoms with Crippen LogP contribution in [0.1, 0.15) is 18.4 Å². The Morgan fingerprint density at radius 3 is 2.67 bits per heavy atom. The zero-order valence-electron chi connectivity index (χ0n) is 7.95. The van der Waals surface area contributed by atoms with Gasteiger partial charge in [-0.3, -0.25) is 0 Å². The first kappa shape index (κ1) is 10.1. The van der Waals surface area contributed by atoms with Gasteiger partial charge in [0.1, 0.15) is 12.0 Å². The average Bonchev–Trinajstić information content (AvgIpc) is 2.97. The van der Waals surface area contributed by atoms with Crippen molar-refractivity contribution in [3.63, 3.8) is 0 Å². The lowest BCUT2D eigenvalue weighted by Gasteiger charge is -2.10. The molecule has 0 N–H and O–H groups in total. The highest BCUT2D eigenvalue weighted by molar-refractivity contribution is 5.73. The molecule has 1 aromatic rings. The van der Waals surface area contributed by atoms with Crippen molar-refractivity contribution < 1.29 is 18.3 Å². The van der Waals surface area contributed by atoms with Gasteiger partial charge in [-0.05, 0) is 30.5 Å². The monoisotopic (exact) mass is 212 g/mol. The lowest BCUT2D eigenvalue weighted by molar-refractivity contribution is -0.109. The minimum Gasteiger partial charge on any atom is -0.435 e. The summed E-state index contributed by atoms with van der Waals surface area (Å²) in [5, 5.41) is 0. The average molecular weight is 212 g/mol. The Morgan fingerprint density at radius 1 is 1.40 bits per heavy atom. The Balaban J connectivity index is 2.23. The summed E-state index contributed by atoms with van der Waals surface area (Å²) in [6, 6.07) is 6.35. The van der Waals surface area contributed by atoms with Crippen molar-refractivity contribution in [3.05, 3.63) is 29.8 Å². The molecule has 15 heavy (non-hydrogen) atoms. The highest BCUT2D eigenvalue weighted by Crippen LogP contribution is 2.46. The van der Waals surface area contributed by atoms with E-state index < -0.39 is 12.0 Å². The summed E-state index contributed by atoms with van der Waals surface area (Å²) >= 11 is 0. The molecule has 0 atom stereocenters. The lowest BCUT2D eigenvalue weighted by Crippen LogP contribution is -2.08. The number of alkyl halides is 2. The molecule has 1 aromatic carbocycles. The van der Waals surface area contributed by atoms with Crippen molar-refractivity contribution in [2.45, 2.75) is 24.9 Å². The fourth-order valence-corrected chi connectivity index (χ4v) is 1.59. The van der Waals surface area contributed by atoms with Crippen molar-refractivity contribution in [2.75, 3.05) is 0 Å². The molecule has 0 aliphatic heterocycles. The van der Waals surface area contributed by atoms with Crippen LogP contribution in [-0.4, -0.2) is 12.9 Å². The van der Waals surface area contributed by atoms with Gasteiger partial charge in [-0.25, -0.2) is 0 Å². The van der Waals surface area contributed by atoms with Crippen molar-refractivity contribution in [1.29, 1.82) is 0 Å². The number of carbonyl (C=O) groups is 1. The van der Waals surface area contributed by atoms with Crippen LogP contribution in [0.4, 0.5) is 8.78 Å². The van der Waals surface area contributed by atoms with Crippen LogP contribution in [0.2, 0.25) is 0 Å². The predicted octanol–water partition coefficient (Wildman–Crippen LogP) is 2.52. The van der Waals surface area contributed by atoms with Crippen LogP contribution in [0.15, 0.2) is 24.3 Å². The van der Waals surface area contributed by atoms with Crippen LogP contribution in [0.5, 0.6) is 5.75 Å². The van der Waals surface area contributed by atoms with Gasteiger partial charge in [0.15, 0.2) is 0 Å². The second-order valence-electron chi connectivity index (χ2n) is 3.68. The van der Waals surface area contributed by atoms with Crippen LogP contribution in [0, 0.1) is 0 Å². The number of hydrogen-bond acceptors (Lipinski definition) is 2. The third-order valence-electron chi connectivity index (χ3n) is 2.65. The molecule has 0 amide bonds. The summed E-state index contributed by atoms with van der Waals surface area (Å²) in [4.78, 5) is 10.8. The van der Waals surface area contributed by atoms with Crippen LogP contribution in [-0.2, 0) is 10.2 Å². The second-order valence-corrected chi connectivity index (χ2v) is 3.68. The molecular formula is C11H10F2O2. The van der Waals surface area contributed by atoms with E-state index in [2.05, 4.69) is 4.74 Å². The first-order valence-corrected chi connectivity index (χ1v) is 4.68. The summed E-state index contributed by atoms with van der Waals surface area (Å²) in [5.74, 6) is 0.107. The zero-order valence-corrected chi connectivity index (χ0v) is 7.95. The lowest BCUT2D eigenvalue weighted by atomic mass is 9.98. The van der Waals surface area contributed by atoms with E-state index in [1.807, 2.05) is 0 Å².